The van der Waals surface area contributed by atoms with Crippen molar-refractivity contribution in [2.45, 2.75) is 23.8 Å². The zero-order valence-electron chi connectivity index (χ0n) is 12.6. The number of benzene rings is 1. The van der Waals surface area contributed by atoms with Gasteiger partial charge in [0, 0.05) is 18.1 Å². The number of rotatable bonds is 5. The van der Waals surface area contributed by atoms with Crippen LogP contribution in [0.1, 0.15) is 6.42 Å². The number of thiazole rings is 1. The molecule has 0 amide bonds. The smallest absolute Gasteiger partial charge is 0.465 e. The maximum atomic E-state index is 12.6. The summed E-state index contributed by atoms with van der Waals surface area (Å²) in [6, 6.07) is 4.12. The number of halogens is 3. The molecule has 2 heterocycles. The van der Waals surface area contributed by atoms with Gasteiger partial charge in [0.25, 0.3) is 5.19 Å². The van der Waals surface area contributed by atoms with E-state index >= 15 is 0 Å². The SMILES string of the molecule is O=S(=O)(c1ccc(OC(F)(F)F)cc1)N1CCC(Oc2nccs2)C1. The summed E-state index contributed by atoms with van der Waals surface area (Å²) in [6.07, 6.45) is -3.04. The van der Waals surface area contributed by atoms with Crippen LogP contribution in [0.4, 0.5) is 13.2 Å². The average Bonchev–Trinajstić information content (AvgIpc) is 3.18. The Morgan fingerprint density at radius 1 is 1.24 bits per heavy atom. The van der Waals surface area contributed by atoms with E-state index in [-0.39, 0.29) is 24.1 Å². The Labute approximate surface area is 145 Å². The average molecular weight is 394 g/mol. The first-order valence-electron chi connectivity index (χ1n) is 7.16. The Hall–Kier alpha value is -1.85. The Kier molecular flexibility index (Phi) is 4.89. The van der Waals surface area contributed by atoms with Crippen LogP contribution < -0.4 is 9.47 Å². The summed E-state index contributed by atoms with van der Waals surface area (Å²) in [5.41, 5.74) is 0. The lowest BCUT2D eigenvalue weighted by atomic mass is 10.3. The van der Waals surface area contributed by atoms with Crippen LogP contribution in [-0.4, -0.2) is 43.3 Å². The van der Waals surface area contributed by atoms with Gasteiger partial charge >= 0.3 is 6.36 Å². The van der Waals surface area contributed by atoms with Crippen LogP contribution in [-0.2, 0) is 10.0 Å². The fraction of sp³-hybridized carbons (Fsp3) is 0.357. The first-order chi connectivity index (χ1) is 11.7. The Morgan fingerprint density at radius 2 is 1.96 bits per heavy atom. The molecule has 6 nitrogen and oxygen atoms in total. The number of hydrogen-bond acceptors (Lipinski definition) is 6. The molecule has 1 aromatic heterocycles. The molecule has 1 aliphatic rings. The topological polar surface area (TPSA) is 68.7 Å². The van der Waals surface area contributed by atoms with Crippen molar-refractivity contribution in [1.29, 1.82) is 0 Å². The highest BCUT2D eigenvalue weighted by Gasteiger charge is 2.35. The summed E-state index contributed by atoms with van der Waals surface area (Å²) in [6.45, 7) is 0.419. The predicted octanol–water partition coefficient (Wildman–Crippen LogP) is 2.88. The summed E-state index contributed by atoms with van der Waals surface area (Å²) < 4.78 is 72.2. The standard InChI is InChI=1S/C14H13F3N2O4S2/c15-14(16,17)23-10-1-3-12(4-2-10)25(20,21)19-7-5-11(9-19)22-13-18-6-8-24-13/h1-4,6,8,11H,5,7,9H2. The zero-order valence-corrected chi connectivity index (χ0v) is 14.3. The van der Waals surface area contributed by atoms with Gasteiger partial charge in [0.05, 0.1) is 11.4 Å². The minimum atomic E-state index is -4.82. The summed E-state index contributed by atoms with van der Waals surface area (Å²) in [5, 5.41) is 2.22. The van der Waals surface area contributed by atoms with Crippen molar-refractivity contribution in [2.75, 3.05) is 13.1 Å². The Balaban J connectivity index is 1.67. The van der Waals surface area contributed by atoms with E-state index in [4.69, 9.17) is 4.74 Å². The molecular weight excluding hydrogens is 381 g/mol. The first-order valence-corrected chi connectivity index (χ1v) is 9.48. The molecule has 1 aliphatic heterocycles. The van der Waals surface area contributed by atoms with Gasteiger partial charge in [0.15, 0.2) is 0 Å². The van der Waals surface area contributed by atoms with Gasteiger partial charge in [-0.3, -0.25) is 0 Å². The van der Waals surface area contributed by atoms with E-state index in [1.54, 1.807) is 11.6 Å². The molecule has 11 heteroatoms. The van der Waals surface area contributed by atoms with Gasteiger partial charge in [-0.1, -0.05) is 11.3 Å². The molecule has 0 spiro atoms. The highest BCUT2D eigenvalue weighted by molar-refractivity contribution is 7.89. The second kappa shape index (κ2) is 6.81. The lowest BCUT2D eigenvalue weighted by Gasteiger charge is -2.17. The number of nitrogens with zero attached hydrogens (tertiary/aromatic N) is 2. The molecule has 1 aromatic carbocycles. The van der Waals surface area contributed by atoms with Gasteiger partial charge in [-0.15, -0.1) is 13.2 Å². The van der Waals surface area contributed by atoms with E-state index in [1.165, 1.54) is 15.6 Å². The van der Waals surface area contributed by atoms with Crippen molar-refractivity contribution in [3.05, 3.63) is 35.8 Å². The molecule has 0 saturated carbocycles. The van der Waals surface area contributed by atoms with Gasteiger partial charge in [0.1, 0.15) is 11.9 Å². The van der Waals surface area contributed by atoms with Crippen molar-refractivity contribution in [2.24, 2.45) is 0 Å². The number of alkyl halides is 3. The monoisotopic (exact) mass is 394 g/mol. The van der Waals surface area contributed by atoms with Gasteiger partial charge in [0.2, 0.25) is 10.0 Å². The molecule has 2 aromatic rings. The molecule has 1 saturated heterocycles. The van der Waals surface area contributed by atoms with E-state index < -0.39 is 22.1 Å². The number of sulfonamides is 1. The predicted molar refractivity (Wildman–Crippen MR) is 83.0 cm³/mol. The van der Waals surface area contributed by atoms with Gasteiger partial charge < -0.3 is 9.47 Å². The van der Waals surface area contributed by atoms with E-state index in [0.29, 0.717) is 11.6 Å². The van der Waals surface area contributed by atoms with E-state index in [0.717, 1.165) is 24.3 Å². The van der Waals surface area contributed by atoms with Crippen molar-refractivity contribution in [1.82, 2.24) is 9.29 Å². The first kappa shape index (κ1) is 18.0. The maximum absolute atomic E-state index is 12.6. The fourth-order valence-electron chi connectivity index (χ4n) is 2.39. The second-order valence-corrected chi connectivity index (χ2v) is 8.00. The lowest BCUT2D eigenvalue weighted by molar-refractivity contribution is -0.274. The largest absolute Gasteiger partial charge is 0.573 e. The highest BCUT2D eigenvalue weighted by atomic mass is 32.2. The van der Waals surface area contributed by atoms with Gasteiger partial charge in [-0.25, -0.2) is 13.4 Å². The van der Waals surface area contributed by atoms with Crippen LogP contribution in [0.15, 0.2) is 40.7 Å². The van der Waals surface area contributed by atoms with E-state index in [9.17, 15) is 21.6 Å². The van der Waals surface area contributed by atoms with E-state index in [2.05, 4.69) is 9.72 Å². The van der Waals surface area contributed by atoms with E-state index in [1.807, 2.05) is 0 Å². The minimum Gasteiger partial charge on any atom is -0.465 e. The van der Waals surface area contributed by atoms with Crippen LogP contribution in [0.2, 0.25) is 0 Å². The minimum absolute atomic E-state index is 0.100. The molecule has 0 N–H and O–H groups in total. The summed E-state index contributed by atoms with van der Waals surface area (Å²) in [5.74, 6) is -0.474. The zero-order chi connectivity index (χ0) is 18.1. The number of hydrogen-bond donors (Lipinski definition) is 0. The third kappa shape index (κ3) is 4.41. The molecule has 25 heavy (non-hydrogen) atoms. The molecule has 0 aliphatic carbocycles. The van der Waals surface area contributed by atoms with Crippen molar-refractivity contribution in [3.63, 3.8) is 0 Å². The third-order valence-corrected chi connectivity index (χ3v) is 6.02. The quantitative estimate of drug-likeness (QED) is 0.780. The molecule has 1 fully saturated rings. The molecule has 1 atom stereocenters. The fourth-order valence-corrected chi connectivity index (χ4v) is 4.42. The normalized spacial score (nSPS) is 19.1. The number of aromatic nitrogens is 1. The van der Waals surface area contributed by atoms with Crippen molar-refractivity contribution in [3.8, 4) is 10.9 Å². The Morgan fingerprint density at radius 3 is 2.56 bits per heavy atom. The van der Waals surface area contributed by atoms with Crippen LogP contribution in [0.25, 0.3) is 0 Å². The van der Waals surface area contributed by atoms with Crippen LogP contribution in [0.5, 0.6) is 10.9 Å². The summed E-state index contributed by atoms with van der Waals surface area (Å²) in [7, 11) is -3.81. The third-order valence-electron chi connectivity index (χ3n) is 3.48. The molecule has 0 radical (unpaired) electrons. The van der Waals surface area contributed by atoms with Crippen molar-refractivity contribution >= 4 is 21.4 Å². The molecule has 3 rings (SSSR count). The lowest BCUT2D eigenvalue weighted by Crippen LogP contribution is -2.31. The van der Waals surface area contributed by atoms with Crippen LogP contribution in [0, 0.1) is 0 Å². The maximum Gasteiger partial charge on any atom is 0.573 e. The summed E-state index contributed by atoms with van der Waals surface area (Å²) >= 11 is 1.31. The number of ether oxygens (including phenoxy) is 2. The van der Waals surface area contributed by atoms with Gasteiger partial charge in [-0.2, -0.15) is 4.31 Å². The summed E-state index contributed by atoms with van der Waals surface area (Å²) in [4.78, 5) is 3.89. The second-order valence-electron chi connectivity index (χ2n) is 5.21. The molecule has 0 bridgehead atoms. The molecule has 136 valence electrons. The molecule has 1 unspecified atom stereocenters. The van der Waals surface area contributed by atoms with Crippen LogP contribution in [0.3, 0.4) is 0 Å². The van der Waals surface area contributed by atoms with Gasteiger partial charge in [-0.05, 0) is 30.7 Å². The molecular formula is C14H13F3N2O4S2. The Bertz CT molecular complexity index is 808. The highest BCUT2D eigenvalue weighted by Crippen LogP contribution is 2.27. The van der Waals surface area contributed by atoms with Crippen molar-refractivity contribution < 1.29 is 31.1 Å². The van der Waals surface area contributed by atoms with Crippen LogP contribution >= 0.6 is 11.3 Å².